The molecule has 17 heavy (non-hydrogen) atoms. The highest BCUT2D eigenvalue weighted by Crippen LogP contribution is 2.30. The van der Waals surface area contributed by atoms with Crippen molar-refractivity contribution in [3.8, 4) is 11.8 Å². The Balaban J connectivity index is 3.07. The lowest BCUT2D eigenvalue weighted by molar-refractivity contribution is -0.137. The van der Waals surface area contributed by atoms with Crippen molar-refractivity contribution in [1.29, 1.82) is 0 Å². The SMILES string of the molecule is CC(C)C(N)C#Cc1cnccc1C(F)(F)F. The Bertz CT molecular complexity index is 441. The molecule has 0 radical (unpaired) electrons. The molecule has 0 aliphatic heterocycles. The molecule has 0 fully saturated rings. The molecule has 0 aliphatic carbocycles. The summed E-state index contributed by atoms with van der Waals surface area (Å²) in [5, 5.41) is 0. The van der Waals surface area contributed by atoms with Gasteiger partial charge in [0.25, 0.3) is 0 Å². The van der Waals surface area contributed by atoms with E-state index in [1.807, 2.05) is 13.8 Å². The molecule has 2 nitrogen and oxygen atoms in total. The monoisotopic (exact) mass is 242 g/mol. The van der Waals surface area contributed by atoms with Gasteiger partial charge in [-0.1, -0.05) is 25.7 Å². The van der Waals surface area contributed by atoms with Crippen LogP contribution in [0, 0.1) is 17.8 Å². The Morgan fingerprint density at radius 3 is 2.53 bits per heavy atom. The van der Waals surface area contributed by atoms with Gasteiger partial charge in [0.15, 0.2) is 0 Å². The van der Waals surface area contributed by atoms with Gasteiger partial charge >= 0.3 is 6.18 Å². The standard InChI is InChI=1S/C12H13F3N2/c1-8(2)11(16)4-3-9-7-17-6-5-10(9)12(13,14)15/h5-8,11H,16H2,1-2H3. The molecule has 1 unspecified atom stereocenters. The van der Waals surface area contributed by atoms with Crippen molar-refractivity contribution >= 4 is 0 Å². The third-order valence-electron chi connectivity index (χ3n) is 2.22. The van der Waals surface area contributed by atoms with Gasteiger partial charge in [-0.2, -0.15) is 13.2 Å². The molecule has 1 aromatic rings. The largest absolute Gasteiger partial charge is 0.417 e. The van der Waals surface area contributed by atoms with E-state index in [-0.39, 0.29) is 11.5 Å². The van der Waals surface area contributed by atoms with Crippen molar-refractivity contribution in [1.82, 2.24) is 4.98 Å². The third kappa shape index (κ3) is 3.75. The highest BCUT2D eigenvalue weighted by molar-refractivity contribution is 5.41. The molecule has 1 aromatic heterocycles. The topological polar surface area (TPSA) is 38.9 Å². The highest BCUT2D eigenvalue weighted by atomic mass is 19.4. The lowest BCUT2D eigenvalue weighted by atomic mass is 10.0. The molecular formula is C12H13F3N2. The molecule has 2 N–H and O–H groups in total. The zero-order valence-corrected chi connectivity index (χ0v) is 9.55. The van der Waals surface area contributed by atoms with Gasteiger partial charge in [0.2, 0.25) is 0 Å². The van der Waals surface area contributed by atoms with E-state index in [2.05, 4.69) is 16.8 Å². The minimum Gasteiger partial charge on any atom is -0.317 e. The molecule has 0 aliphatic rings. The fraction of sp³-hybridized carbons (Fsp3) is 0.417. The first-order chi connectivity index (χ1) is 7.82. The number of hydrogen-bond acceptors (Lipinski definition) is 2. The van der Waals surface area contributed by atoms with Crippen molar-refractivity contribution in [3.63, 3.8) is 0 Å². The van der Waals surface area contributed by atoms with Crippen LogP contribution < -0.4 is 5.73 Å². The Hall–Kier alpha value is -1.54. The fourth-order valence-electron chi connectivity index (χ4n) is 1.07. The van der Waals surface area contributed by atoms with E-state index in [9.17, 15) is 13.2 Å². The summed E-state index contributed by atoms with van der Waals surface area (Å²) >= 11 is 0. The van der Waals surface area contributed by atoms with Gasteiger partial charge in [0.1, 0.15) is 0 Å². The van der Waals surface area contributed by atoms with Crippen LogP contribution in [0.25, 0.3) is 0 Å². The molecule has 0 spiro atoms. The number of nitrogens with zero attached hydrogens (tertiary/aromatic N) is 1. The second-order valence-electron chi connectivity index (χ2n) is 3.96. The number of halogens is 3. The number of alkyl halides is 3. The maximum absolute atomic E-state index is 12.6. The van der Waals surface area contributed by atoms with E-state index < -0.39 is 17.8 Å². The van der Waals surface area contributed by atoms with Crippen LogP contribution in [0.4, 0.5) is 13.2 Å². The van der Waals surface area contributed by atoms with Crippen LogP contribution >= 0.6 is 0 Å². The average Bonchev–Trinajstić information content (AvgIpc) is 2.24. The minimum atomic E-state index is -4.42. The highest BCUT2D eigenvalue weighted by Gasteiger charge is 2.32. The van der Waals surface area contributed by atoms with Gasteiger partial charge in [-0.3, -0.25) is 4.98 Å². The van der Waals surface area contributed by atoms with Gasteiger partial charge in [0, 0.05) is 12.4 Å². The van der Waals surface area contributed by atoms with Crippen LogP contribution in [0.3, 0.4) is 0 Å². The van der Waals surface area contributed by atoms with Crippen molar-refractivity contribution < 1.29 is 13.2 Å². The van der Waals surface area contributed by atoms with E-state index >= 15 is 0 Å². The molecule has 0 amide bonds. The second-order valence-corrected chi connectivity index (χ2v) is 3.96. The van der Waals surface area contributed by atoms with E-state index in [0.29, 0.717) is 0 Å². The zero-order chi connectivity index (χ0) is 13.1. The average molecular weight is 242 g/mol. The van der Waals surface area contributed by atoms with Gasteiger partial charge < -0.3 is 5.73 Å². The van der Waals surface area contributed by atoms with Crippen LogP contribution in [0.15, 0.2) is 18.5 Å². The predicted molar refractivity (Wildman–Crippen MR) is 58.9 cm³/mol. The van der Waals surface area contributed by atoms with Crippen molar-refractivity contribution in [2.24, 2.45) is 11.7 Å². The van der Waals surface area contributed by atoms with Crippen molar-refractivity contribution in [2.75, 3.05) is 0 Å². The lowest BCUT2D eigenvalue weighted by Gasteiger charge is -2.09. The summed E-state index contributed by atoms with van der Waals surface area (Å²) in [6.07, 6.45) is -2.23. The third-order valence-corrected chi connectivity index (χ3v) is 2.22. The summed E-state index contributed by atoms with van der Waals surface area (Å²) in [6.45, 7) is 3.71. The molecule has 1 heterocycles. The molecular weight excluding hydrogens is 229 g/mol. The van der Waals surface area contributed by atoms with E-state index in [0.717, 1.165) is 18.5 Å². The van der Waals surface area contributed by atoms with Gasteiger partial charge in [-0.25, -0.2) is 0 Å². The van der Waals surface area contributed by atoms with Gasteiger partial charge in [0.05, 0.1) is 17.2 Å². The summed E-state index contributed by atoms with van der Waals surface area (Å²) in [7, 11) is 0. The van der Waals surface area contributed by atoms with Crippen LogP contribution in [0.2, 0.25) is 0 Å². The van der Waals surface area contributed by atoms with Crippen LogP contribution in [-0.4, -0.2) is 11.0 Å². The van der Waals surface area contributed by atoms with Crippen LogP contribution in [0.5, 0.6) is 0 Å². The quantitative estimate of drug-likeness (QED) is 0.768. The Morgan fingerprint density at radius 1 is 1.35 bits per heavy atom. The normalized spacial score (nSPS) is 13.1. The van der Waals surface area contributed by atoms with Gasteiger partial charge in [-0.15, -0.1) is 0 Å². The summed E-state index contributed by atoms with van der Waals surface area (Å²) in [5.41, 5.74) is 4.72. The molecule has 0 saturated carbocycles. The predicted octanol–water partition coefficient (Wildman–Crippen LogP) is 2.44. The first kappa shape index (κ1) is 13.5. The number of pyridine rings is 1. The van der Waals surface area contributed by atoms with Crippen molar-refractivity contribution in [3.05, 3.63) is 29.6 Å². The number of nitrogens with two attached hydrogens (primary N) is 1. The van der Waals surface area contributed by atoms with Gasteiger partial charge in [-0.05, 0) is 12.0 Å². The van der Waals surface area contributed by atoms with E-state index in [1.165, 1.54) is 0 Å². The molecule has 92 valence electrons. The Morgan fingerprint density at radius 2 is 2.00 bits per heavy atom. The summed E-state index contributed by atoms with van der Waals surface area (Å²) in [6, 6.07) is 0.460. The Labute approximate surface area is 98.0 Å². The molecule has 0 bridgehead atoms. The maximum atomic E-state index is 12.6. The second kappa shape index (κ2) is 5.19. The first-order valence-corrected chi connectivity index (χ1v) is 5.10. The van der Waals surface area contributed by atoms with Crippen LogP contribution in [0.1, 0.15) is 25.0 Å². The first-order valence-electron chi connectivity index (χ1n) is 5.10. The molecule has 1 atom stereocenters. The Kier molecular flexibility index (Phi) is 4.13. The van der Waals surface area contributed by atoms with Crippen molar-refractivity contribution in [2.45, 2.75) is 26.1 Å². The molecule has 0 saturated heterocycles. The lowest BCUT2D eigenvalue weighted by Crippen LogP contribution is -2.24. The maximum Gasteiger partial charge on any atom is 0.417 e. The molecule has 5 heteroatoms. The minimum absolute atomic E-state index is 0.0912. The van der Waals surface area contributed by atoms with Crippen LogP contribution in [-0.2, 0) is 6.18 Å². The number of rotatable bonds is 1. The zero-order valence-electron chi connectivity index (χ0n) is 9.55. The number of hydrogen-bond donors (Lipinski definition) is 1. The molecule has 1 rings (SSSR count). The summed E-state index contributed by atoms with van der Waals surface area (Å²) < 4.78 is 37.8. The summed E-state index contributed by atoms with van der Waals surface area (Å²) in [4.78, 5) is 3.64. The summed E-state index contributed by atoms with van der Waals surface area (Å²) in [5.74, 6) is 5.13. The smallest absolute Gasteiger partial charge is 0.317 e. The fourth-order valence-corrected chi connectivity index (χ4v) is 1.07. The number of aromatic nitrogens is 1. The van der Waals surface area contributed by atoms with E-state index in [1.54, 1.807) is 0 Å². The molecule has 0 aromatic carbocycles. The van der Waals surface area contributed by atoms with E-state index in [4.69, 9.17) is 5.73 Å².